The van der Waals surface area contributed by atoms with Crippen molar-refractivity contribution >= 4 is 27.3 Å². The lowest BCUT2D eigenvalue weighted by Gasteiger charge is -2.14. The highest BCUT2D eigenvalue weighted by molar-refractivity contribution is 9.10. The second kappa shape index (κ2) is 4.88. The first kappa shape index (κ1) is 12.7. The van der Waals surface area contributed by atoms with Gasteiger partial charge >= 0.3 is 0 Å². The van der Waals surface area contributed by atoms with E-state index in [0.29, 0.717) is 5.01 Å². The summed E-state index contributed by atoms with van der Waals surface area (Å²) in [7, 11) is 0. The molecule has 92 valence electrons. The Morgan fingerprint density at radius 2 is 2.18 bits per heavy atom. The van der Waals surface area contributed by atoms with Gasteiger partial charge in [-0.15, -0.1) is 11.3 Å². The van der Waals surface area contributed by atoms with Crippen LogP contribution in [0.5, 0.6) is 0 Å². The summed E-state index contributed by atoms with van der Waals surface area (Å²) in [6.45, 7) is 5.98. The van der Waals surface area contributed by atoms with E-state index in [0.717, 1.165) is 15.9 Å². The fraction of sp³-hybridized carbons (Fsp3) is 0.455. The maximum Gasteiger partial charge on any atom is 0.148 e. The zero-order chi connectivity index (χ0) is 12.6. The molecule has 0 radical (unpaired) electrons. The molecule has 0 aromatic carbocycles. The van der Waals surface area contributed by atoms with Crippen molar-refractivity contribution < 1.29 is 5.11 Å². The van der Waals surface area contributed by atoms with Gasteiger partial charge in [0.15, 0.2) is 0 Å². The molecule has 0 amide bonds. The van der Waals surface area contributed by atoms with E-state index in [1.807, 2.05) is 30.8 Å². The highest BCUT2D eigenvalue weighted by Gasteiger charge is 2.23. The summed E-state index contributed by atoms with van der Waals surface area (Å²) in [6, 6.07) is 0.201. The second-order valence-electron chi connectivity index (χ2n) is 4.15. The van der Waals surface area contributed by atoms with E-state index >= 15 is 0 Å². The Balaban J connectivity index is 2.43. The standard InChI is InChI=1S/C11H14BrN3OS/c1-6(2)15-9(8(12)4-13-15)10(16)11-14-7(3)5-17-11/h4-6,10,16H,1-3H3. The van der Waals surface area contributed by atoms with Crippen LogP contribution in [0.25, 0.3) is 0 Å². The predicted octanol–water partition coefficient (Wildman–Crippen LogP) is 3.07. The number of aliphatic hydroxyl groups excluding tert-OH is 1. The first-order chi connectivity index (χ1) is 8.00. The van der Waals surface area contributed by atoms with Crippen molar-refractivity contribution in [1.82, 2.24) is 14.8 Å². The number of halogens is 1. The van der Waals surface area contributed by atoms with Crippen molar-refractivity contribution in [3.05, 3.63) is 32.4 Å². The van der Waals surface area contributed by atoms with Crippen molar-refractivity contribution in [2.75, 3.05) is 0 Å². The summed E-state index contributed by atoms with van der Waals surface area (Å²) in [5.41, 5.74) is 1.69. The zero-order valence-electron chi connectivity index (χ0n) is 9.88. The number of hydrogen-bond acceptors (Lipinski definition) is 4. The summed E-state index contributed by atoms with van der Waals surface area (Å²) >= 11 is 4.89. The molecule has 2 aromatic heterocycles. The number of hydrogen-bond donors (Lipinski definition) is 1. The summed E-state index contributed by atoms with van der Waals surface area (Å²) in [5.74, 6) is 0. The highest BCUT2D eigenvalue weighted by Crippen LogP contribution is 2.31. The van der Waals surface area contributed by atoms with E-state index in [4.69, 9.17) is 0 Å². The lowest BCUT2D eigenvalue weighted by molar-refractivity contribution is 0.203. The summed E-state index contributed by atoms with van der Waals surface area (Å²) in [4.78, 5) is 4.31. The molecule has 2 heterocycles. The van der Waals surface area contributed by atoms with Crippen molar-refractivity contribution in [3.63, 3.8) is 0 Å². The Morgan fingerprint density at radius 3 is 2.71 bits per heavy atom. The number of nitrogens with zero attached hydrogens (tertiary/aromatic N) is 3. The van der Waals surface area contributed by atoms with E-state index in [1.165, 1.54) is 11.3 Å². The van der Waals surface area contributed by atoms with Gasteiger partial charge < -0.3 is 5.11 Å². The molecule has 0 aliphatic heterocycles. The summed E-state index contributed by atoms with van der Waals surface area (Å²) < 4.78 is 2.62. The zero-order valence-corrected chi connectivity index (χ0v) is 12.3. The lowest BCUT2D eigenvalue weighted by Crippen LogP contribution is -2.12. The highest BCUT2D eigenvalue weighted by atomic mass is 79.9. The van der Waals surface area contributed by atoms with Crippen LogP contribution >= 0.6 is 27.3 Å². The summed E-state index contributed by atoms with van der Waals surface area (Å²) in [5, 5.41) is 17.2. The first-order valence-corrected chi connectivity index (χ1v) is 7.01. The molecule has 4 nitrogen and oxygen atoms in total. The van der Waals surface area contributed by atoms with Crippen LogP contribution in [-0.4, -0.2) is 19.9 Å². The van der Waals surface area contributed by atoms with Crippen molar-refractivity contribution in [2.45, 2.75) is 32.9 Å². The van der Waals surface area contributed by atoms with Crippen LogP contribution in [0.4, 0.5) is 0 Å². The van der Waals surface area contributed by atoms with Gasteiger partial charge in [0, 0.05) is 17.1 Å². The third kappa shape index (κ3) is 2.43. The third-order valence-corrected chi connectivity index (χ3v) is 4.03. The van der Waals surface area contributed by atoms with Gasteiger partial charge in [0.1, 0.15) is 11.1 Å². The van der Waals surface area contributed by atoms with Gasteiger partial charge in [-0.1, -0.05) is 0 Å². The van der Waals surface area contributed by atoms with Crippen molar-refractivity contribution in [1.29, 1.82) is 0 Å². The minimum absolute atomic E-state index is 0.201. The molecule has 1 unspecified atom stereocenters. The fourth-order valence-corrected chi connectivity index (χ4v) is 2.90. The van der Waals surface area contributed by atoms with Crippen molar-refractivity contribution in [3.8, 4) is 0 Å². The number of aliphatic hydroxyl groups is 1. The molecule has 0 saturated carbocycles. The van der Waals surface area contributed by atoms with Crippen LogP contribution in [0.15, 0.2) is 16.0 Å². The van der Waals surface area contributed by atoms with Crippen molar-refractivity contribution in [2.24, 2.45) is 0 Å². The second-order valence-corrected chi connectivity index (χ2v) is 5.89. The lowest BCUT2D eigenvalue weighted by atomic mass is 10.2. The Morgan fingerprint density at radius 1 is 1.47 bits per heavy atom. The quantitative estimate of drug-likeness (QED) is 0.947. The molecule has 1 N–H and O–H groups in total. The van der Waals surface area contributed by atoms with Crippen LogP contribution < -0.4 is 0 Å². The summed E-state index contributed by atoms with van der Waals surface area (Å²) in [6.07, 6.45) is 0.979. The molecule has 0 aliphatic carbocycles. The topological polar surface area (TPSA) is 50.9 Å². The Hall–Kier alpha value is -0.720. The average Bonchev–Trinajstić information content (AvgIpc) is 2.83. The predicted molar refractivity (Wildman–Crippen MR) is 71.2 cm³/mol. The molecule has 0 aliphatic rings. The molecular formula is C11H14BrN3OS. The van der Waals surface area contributed by atoms with Gasteiger partial charge in [-0.3, -0.25) is 4.68 Å². The minimum atomic E-state index is -0.729. The van der Waals surface area contributed by atoms with Gasteiger partial charge in [0.05, 0.1) is 16.4 Å². The molecular weight excluding hydrogens is 302 g/mol. The molecule has 0 bridgehead atoms. The van der Waals surface area contributed by atoms with Crippen LogP contribution in [0, 0.1) is 6.92 Å². The Labute approximate surface area is 112 Å². The van der Waals surface area contributed by atoms with E-state index < -0.39 is 6.10 Å². The average molecular weight is 316 g/mol. The van der Waals surface area contributed by atoms with E-state index in [-0.39, 0.29) is 6.04 Å². The third-order valence-electron chi connectivity index (χ3n) is 2.41. The molecule has 6 heteroatoms. The van der Waals surface area contributed by atoms with E-state index in [9.17, 15) is 5.11 Å². The maximum atomic E-state index is 10.4. The monoisotopic (exact) mass is 315 g/mol. The van der Waals surface area contributed by atoms with Crippen LogP contribution in [0.2, 0.25) is 0 Å². The normalized spacial score (nSPS) is 13.3. The number of thiazole rings is 1. The first-order valence-electron chi connectivity index (χ1n) is 5.33. The largest absolute Gasteiger partial charge is 0.379 e. The van der Waals surface area contributed by atoms with Crippen LogP contribution in [0.1, 0.15) is 42.4 Å². The number of aromatic nitrogens is 3. The minimum Gasteiger partial charge on any atom is -0.379 e. The Bertz CT molecular complexity index is 521. The molecule has 0 spiro atoms. The molecule has 0 fully saturated rings. The van der Waals surface area contributed by atoms with E-state index in [1.54, 1.807) is 6.20 Å². The molecule has 17 heavy (non-hydrogen) atoms. The number of aryl methyl sites for hydroxylation is 1. The van der Waals surface area contributed by atoms with Gasteiger partial charge in [-0.25, -0.2) is 4.98 Å². The molecule has 2 rings (SSSR count). The van der Waals surface area contributed by atoms with Crippen LogP contribution in [-0.2, 0) is 0 Å². The Kier molecular flexibility index (Phi) is 3.65. The van der Waals surface area contributed by atoms with Crippen LogP contribution in [0.3, 0.4) is 0 Å². The van der Waals surface area contributed by atoms with Gasteiger partial charge in [0.25, 0.3) is 0 Å². The SMILES string of the molecule is Cc1csc(C(O)c2c(Br)cnn2C(C)C)n1. The maximum absolute atomic E-state index is 10.4. The fourth-order valence-electron chi connectivity index (χ4n) is 1.63. The molecule has 2 aromatic rings. The smallest absolute Gasteiger partial charge is 0.148 e. The number of rotatable bonds is 3. The molecule has 1 atom stereocenters. The van der Waals surface area contributed by atoms with Gasteiger partial charge in [-0.2, -0.15) is 5.10 Å². The van der Waals surface area contributed by atoms with E-state index in [2.05, 4.69) is 26.0 Å². The van der Waals surface area contributed by atoms with Gasteiger partial charge in [0.2, 0.25) is 0 Å². The molecule has 0 saturated heterocycles. The van der Waals surface area contributed by atoms with Gasteiger partial charge in [-0.05, 0) is 36.7 Å².